The zero-order chi connectivity index (χ0) is 13.7. The molecule has 0 aliphatic carbocycles. The lowest BCUT2D eigenvalue weighted by Gasteiger charge is -2.06. The third-order valence-electron chi connectivity index (χ3n) is 2.68. The highest BCUT2D eigenvalue weighted by atomic mass is 79.9. The van der Waals surface area contributed by atoms with Crippen LogP contribution in [0.25, 0.3) is 0 Å². The Morgan fingerprint density at radius 1 is 1.11 bits per heavy atom. The van der Waals surface area contributed by atoms with Gasteiger partial charge in [-0.25, -0.2) is 0 Å². The number of hydrogen-bond acceptors (Lipinski definition) is 2. The summed E-state index contributed by atoms with van der Waals surface area (Å²) in [6.45, 7) is 2.72. The first-order valence-electron chi connectivity index (χ1n) is 6.24. The van der Waals surface area contributed by atoms with Crippen LogP contribution in [0, 0.1) is 0 Å². The fourth-order valence-corrected chi connectivity index (χ4v) is 1.98. The molecule has 0 unspecified atom stereocenters. The molecule has 0 fully saturated rings. The lowest BCUT2D eigenvalue weighted by Crippen LogP contribution is -2.02. The van der Waals surface area contributed by atoms with Crippen LogP contribution in [0.3, 0.4) is 0 Å². The van der Waals surface area contributed by atoms with Crippen LogP contribution in [0.2, 0.25) is 0 Å². The second-order valence-electron chi connectivity index (χ2n) is 4.21. The Hall–Kier alpha value is -1.61. The molecule has 3 heteroatoms. The van der Waals surface area contributed by atoms with E-state index in [0.717, 1.165) is 16.6 Å². The first kappa shape index (κ1) is 13.8. The number of carbonyl (C=O) groups is 1. The van der Waals surface area contributed by atoms with Gasteiger partial charge in [0, 0.05) is 15.6 Å². The van der Waals surface area contributed by atoms with E-state index >= 15 is 0 Å². The number of benzene rings is 2. The summed E-state index contributed by atoms with van der Waals surface area (Å²) in [5, 5.41) is 0. The smallest absolute Gasteiger partial charge is 0.193 e. The Balaban J connectivity index is 2.21. The summed E-state index contributed by atoms with van der Waals surface area (Å²) in [6, 6.07) is 14.7. The molecule has 0 aliphatic rings. The minimum Gasteiger partial charge on any atom is -0.494 e. The topological polar surface area (TPSA) is 26.3 Å². The summed E-state index contributed by atoms with van der Waals surface area (Å²) < 4.78 is 6.50. The van der Waals surface area contributed by atoms with Crippen molar-refractivity contribution < 1.29 is 9.53 Å². The molecule has 0 atom stereocenters. The van der Waals surface area contributed by atoms with Crippen LogP contribution in [0.5, 0.6) is 5.75 Å². The van der Waals surface area contributed by atoms with Gasteiger partial charge < -0.3 is 4.74 Å². The standard InChI is InChI=1S/C16H15BrO2/c1-2-10-19-15-5-3-4-13(11-15)16(18)12-6-8-14(17)9-7-12/h3-9,11H,2,10H2,1H3. The van der Waals surface area contributed by atoms with E-state index in [9.17, 15) is 4.79 Å². The average Bonchev–Trinajstić information content (AvgIpc) is 2.45. The van der Waals surface area contributed by atoms with Gasteiger partial charge in [-0.15, -0.1) is 0 Å². The van der Waals surface area contributed by atoms with Crippen LogP contribution in [-0.2, 0) is 0 Å². The van der Waals surface area contributed by atoms with Gasteiger partial charge in [0.2, 0.25) is 0 Å². The van der Waals surface area contributed by atoms with Crippen LogP contribution < -0.4 is 4.74 Å². The maximum atomic E-state index is 12.3. The fraction of sp³-hybridized carbons (Fsp3) is 0.188. The first-order valence-corrected chi connectivity index (χ1v) is 7.03. The number of hydrogen-bond donors (Lipinski definition) is 0. The second kappa shape index (κ2) is 6.53. The van der Waals surface area contributed by atoms with Gasteiger partial charge in [0.15, 0.2) is 5.78 Å². The van der Waals surface area contributed by atoms with Gasteiger partial charge in [0.1, 0.15) is 5.75 Å². The second-order valence-corrected chi connectivity index (χ2v) is 5.13. The Morgan fingerprint density at radius 2 is 1.84 bits per heavy atom. The van der Waals surface area contributed by atoms with Crippen molar-refractivity contribution >= 4 is 21.7 Å². The predicted octanol–water partition coefficient (Wildman–Crippen LogP) is 4.47. The molecule has 2 rings (SSSR count). The molecular formula is C16H15BrO2. The van der Waals surface area contributed by atoms with Crippen LogP contribution in [0.15, 0.2) is 53.0 Å². The molecule has 0 saturated carbocycles. The summed E-state index contributed by atoms with van der Waals surface area (Å²) in [6.07, 6.45) is 0.949. The molecule has 0 bridgehead atoms. The lowest BCUT2D eigenvalue weighted by molar-refractivity contribution is 0.103. The minimum atomic E-state index is 0.00875. The summed E-state index contributed by atoms with van der Waals surface area (Å²) in [5.74, 6) is 0.749. The quantitative estimate of drug-likeness (QED) is 0.760. The molecule has 98 valence electrons. The van der Waals surface area contributed by atoms with Gasteiger partial charge in [-0.2, -0.15) is 0 Å². The van der Waals surface area contributed by atoms with E-state index in [1.54, 1.807) is 6.07 Å². The third kappa shape index (κ3) is 3.67. The molecule has 2 aromatic rings. The SMILES string of the molecule is CCCOc1cccc(C(=O)c2ccc(Br)cc2)c1. The minimum absolute atomic E-state index is 0.00875. The highest BCUT2D eigenvalue weighted by molar-refractivity contribution is 9.10. The number of ketones is 1. The van der Waals surface area contributed by atoms with Crippen molar-refractivity contribution in [2.75, 3.05) is 6.61 Å². The van der Waals surface area contributed by atoms with E-state index in [1.165, 1.54) is 0 Å². The molecule has 0 aliphatic heterocycles. The van der Waals surface area contributed by atoms with E-state index in [4.69, 9.17) is 4.74 Å². The molecule has 0 heterocycles. The fourth-order valence-electron chi connectivity index (χ4n) is 1.71. The van der Waals surface area contributed by atoms with Gasteiger partial charge in [-0.3, -0.25) is 4.79 Å². The molecule has 0 radical (unpaired) electrons. The van der Waals surface area contributed by atoms with Gasteiger partial charge in [-0.1, -0.05) is 35.0 Å². The zero-order valence-electron chi connectivity index (χ0n) is 10.7. The molecular weight excluding hydrogens is 304 g/mol. The van der Waals surface area contributed by atoms with Gasteiger partial charge in [0.05, 0.1) is 6.61 Å². The van der Waals surface area contributed by atoms with Crippen molar-refractivity contribution in [3.8, 4) is 5.75 Å². The summed E-state index contributed by atoms with van der Waals surface area (Å²) in [7, 11) is 0. The van der Waals surface area contributed by atoms with Crippen molar-refractivity contribution in [1.29, 1.82) is 0 Å². The van der Waals surface area contributed by atoms with Crippen molar-refractivity contribution in [2.45, 2.75) is 13.3 Å². The largest absolute Gasteiger partial charge is 0.494 e. The van der Waals surface area contributed by atoms with E-state index < -0.39 is 0 Å². The monoisotopic (exact) mass is 318 g/mol. The van der Waals surface area contributed by atoms with Crippen LogP contribution in [-0.4, -0.2) is 12.4 Å². The number of carbonyl (C=O) groups excluding carboxylic acids is 1. The molecule has 0 spiro atoms. The molecule has 0 N–H and O–H groups in total. The molecule has 0 amide bonds. The molecule has 0 aromatic heterocycles. The van der Waals surface area contributed by atoms with E-state index in [2.05, 4.69) is 22.9 Å². The third-order valence-corrected chi connectivity index (χ3v) is 3.20. The van der Waals surface area contributed by atoms with Gasteiger partial charge in [-0.05, 0) is 42.8 Å². The van der Waals surface area contributed by atoms with Crippen molar-refractivity contribution in [3.63, 3.8) is 0 Å². The maximum Gasteiger partial charge on any atom is 0.193 e. The van der Waals surface area contributed by atoms with Crippen LogP contribution in [0.1, 0.15) is 29.3 Å². The van der Waals surface area contributed by atoms with E-state index in [0.29, 0.717) is 17.7 Å². The van der Waals surface area contributed by atoms with Crippen molar-refractivity contribution in [1.82, 2.24) is 0 Å². The normalized spacial score (nSPS) is 10.2. The van der Waals surface area contributed by atoms with Crippen LogP contribution >= 0.6 is 15.9 Å². The average molecular weight is 319 g/mol. The zero-order valence-corrected chi connectivity index (χ0v) is 12.3. The molecule has 0 saturated heterocycles. The summed E-state index contributed by atoms with van der Waals surface area (Å²) in [4.78, 5) is 12.3. The van der Waals surface area contributed by atoms with Crippen molar-refractivity contribution in [2.24, 2.45) is 0 Å². The maximum absolute atomic E-state index is 12.3. The van der Waals surface area contributed by atoms with E-state index in [1.807, 2.05) is 42.5 Å². The molecule has 2 nitrogen and oxygen atoms in total. The number of halogens is 1. The highest BCUT2D eigenvalue weighted by Crippen LogP contribution is 2.18. The van der Waals surface area contributed by atoms with Gasteiger partial charge in [0.25, 0.3) is 0 Å². The van der Waals surface area contributed by atoms with E-state index in [-0.39, 0.29) is 5.78 Å². The summed E-state index contributed by atoms with van der Waals surface area (Å²) >= 11 is 3.36. The molecule has 19 heavy (non-hydrogen) atoms. The van der Waals surface area contributed by atoms with Gasteiger partial charge >= 0.3 is 0 Å². The Morgan fingerprint density at radius 3 is 2.53 bits per heavy atom. The van der Waals surface area contributed by atoms with Crippen molar-refractivity contribution in [3.05, 3.63) is 64.1 Å². The Labute approximate surface area is 121 Å². The number of ether oxygens (including phenoxy) is 1. The Bertz CT molecular complexity index is 561. The lowest BCUT2D eigenvalue weighted by atomic mass is 10.0. The summed E-state index contributed by atoms with van der Waals surface area (Å²) in [5.41, 5.74) is 1.33. The van der Waals surface area contributed by atoms with Crippen LogP contribution in [0.4, 0.5) is 0 Å². The predicted molar refractivity (Wildman–Crippen MR) is 79.8 cm³/mol. The Kier molecular flexibility index (Phi) is 4.74. The highest BCUT2D eigenvalue weighted by Gasteiger charge is 2.09. The number of rotatable bonds is 5. The first-order chi connectivity index (χ1) is 9.20. The molecule has 2 aromatic carbocycles.